The van der Waals surface area contributed by atoms with Gasteiger partial charge in [-0.3, -0.25) is 0 Å². The van der Waals surface area contributed by atoms with Crippen LogP contribution < -0.4 is 0 Å². The van der Waals surface area contributed by atoms with Crippen LogP contribution in [0.1, 0.15) is 37.7 Å². The van der Waals surface area contributed by atoms with Gasteiger partial charge < -0.3 is 10.0 Å². The van der Waals surface area contributed by atoms with E-state index in [1.165, 1.54) is 12.5 Å². The second-order valence-corrected chi connectivity index (χ2v) is 6.93. The van der Waals surface area contributed by atoms with Gasteiger partial charge in [0.1, 0.15) is 5.82 Å². The van der Waals surface area contributed by atoms with Crippen LogP contribution in [-0.4, -0.2) is 35.7 Å². The Hall–Kier alpha value is -0.450. The van der Waals surface area contributed by atoms with Gasteiger partial charge in [0.25, 0.3) is 0 Å². The molecule has 1 aromatic carbocycles. The van der Waals surface area contributed by atoms with Gasteiger partial charge in [0.2, 0.25) is 0 Å². The van der Waals surface area contributed by atoms with E-state index >= 15 is 0 Å². The molecule has 0 heterocycles. The maximum atomic E-state index is 13.9. The van der Waals surface area contributed by atoms with Crippen LogP contribution in [-0.2, 0) is 6.42 Å². The summed E-state index contributed by atoms with van der Waals surface area (Å²) >= 11 is 3.37. The van der Waals surface area contributed by atoms with E-state index in [-0.39, 0.29) is 11.4 Å². The molecule has 0 aromatic heterocycles. The second-order valence-electron chi connectivity index (χ2n) is 6.01. The SMILES string of the molecule is CN(C)C1(C(O)Cc2cc(Br)ccc2F)CCCCC1. The van der Waals surface area contributed by atoms with Gasteiger partial charge in [-0.1, -0.05) is 35.2 Å². The van der Waals surface area contributed by atoms with Gasteiger partial charge in [0, 0.05) is 16.4 Å². The van der Waals surface area contributed by atoms with E-state index in [9.17, 15) is 9.50 Å². The third kappa shape index (κ3) is 3.23. The largest absolute Gasteiger partial charge is 0.391 e. The number of nitrogens with zero attached hydrogens (tertiary/aromatic N) is 1. The van der Waals surface area contributed by atoms with Crippen LogP contribution in [0.25, 0.3) is 0 Å². The average molecular weight is 344 g/mol. The molecule has 1 aliphatic carbocycles. The number of rotatable bonds is 4. The lowest BCUT2D eigenvalue weighted by atomic mass is 9.75. The number of benzene rings is 1. The van der Waals surface area contributed by atoms with Crippen molar-refractivity contribution < 1.29 is 9.50 Å². The molecule has 2 rings (SSSR count). The molecular weight excluding hydrogens is 321 g/mol. The molecule has 0 radical (unpaired) electrons. The first-order valence-electron chi connectivity index (χ1n) is 7.25. The van der Waals surface area contributed by atoms with Crippen LogP contribution in [0.2, 0.25) is 0 Å². The van der Waals surface area contributed by atoms with Crippen molar-refractivity contribution in [3.8, 4) is 0 Å². The summed E-state index contributed by atoms with van der Waals surface area (Å²) in [5, 5.41) is 10.7. The van der Waals surface area contributed by atoms with Crippen molar-refractivity contribution in [3.63, 3.8) is 0 Å². The Balaban J connectivity index is 2.20. The Morgan fingerprint density at radius 2 is 1.95 bits per heavy atom. The van der Waals surface area contributed by atoms with Gasteiger partial charge in [0.05, 0.1) is 6.10 Å². The molecule has 1 aromatic rings. The molecule has 4 heteroatoms. The quantitative estimate of drug-likeness (QED) is 0.899. The minimum atomic E-state index is -0.540. The lowest BCUT2D eigenvalue weighted by Gasteiger charge is -2.46. The van der Waals surface area contributed by atoms with Crippen molar-refractivity contribution in [2.24, 2.45) is 0 Å². The molecule has 1 unspecified atom stereocenters. The van der Waals surface area contributed by atoms with Crippen molar-refractivity contribution in [1.29, 1.82) is 0 Å². The first kappa shape index (κ1) is 15.9. The maximum Gasteiger partial charge on any atom is 0.126 e. The van der Waals surface area contributed by atoms with Crippen molar-refractivity contribution >= 4 is 15.9 Å². The lowest BCUT2D eigenvalue weighted by molar-refractivity contribution is -0.0313. The van der Waals surface area contributed by atoms with Crippen LogP contribution in [0.5, 0.6) is 0 Å². The summed E-state index contributed by atoms with van der Waals surface area (Å²) in [4.78, 5) is 2.13. The van der Waals surface area contributed by atoms with Gasteiger partial charge in [-0.25, -0.2) is 4.39 Å². The van der Waals surface area contributed by atoms with Crippen LogP contribution in [0.3, 0.4) is 0 Å². The summed E-state index contributed by atoms with van der Waals surface area (Å²) in [5.41, 5.74) is 0.367. The molecule has 1 saturated carbocycles. The fraction of sp³-hybridized carbons (Fsp3) is 0.625. The smallest absolute Gasteiger partial charge is 0.126 e. The first-order chi connectivity index (χ1) is 9.45. The normalized spacial score (nSPS) is 20.1. The number of hydrogen-bond acceptors (Lipinski definition) is 2. The molecule has 20 heavy (non-hydrogen) atoms. The highest BCUT2D eigenvalue weighted by Crippen LogP contribution is 2.36. The predicted molar refractivity (Wildman–Crippen MR) is 83.3 cm³/mol. The Morgan fingerprint density at radius 1 is 1.30 bits per heavy atom. The van der Waals surface area contributed by atoms with Crippen LogP contribution in [0.15, 0.2) is 22.7 Å². The third-order valence-corrected chi connectivity index (χ3v) is 5.14. The molecule has 0 spiro atoms. The highest BCUT2D eigenvalue weighted by molar-refractivity contribution is 9.10. The van der Waals surface area contributed by atoms with E-state index in [4.69, 9.17) is 0 Å². The molecule has 0 saturated heterocycles. The van der Waals surface area contributed by atoms with E-state index in [2.05, 4.69) is 20.8 Å². The Kier molecular flexibility index (Phi) is 5.21. The van der Waals surface area contributed by atoms with Gasteiger partial charge in [-0.05, 0) is 50.7 Å². The molecule has 2 nitrogen and oxygen atoms in total. The zero-order chi connectivity index (χ0) is 14.8. The van der Waals surface area contributed by atoms with E-state index in [1.807, 2.05) is 14.1 Å². The molecule has 0 bridgehead atoms. The molecule has 1 atom stereocenters. The van der Waals surface area contributed by atoms with Crippen LogP contribution in [0, 0.1) is 5.82 Å². The second kappa shape index (κ2) is 6.54. The number of aliphatic hydroxyl groups is 1. The average Bonchev–Trinajstić information content (AvgIpc) is 2.43. The summed E-state index contributed by atoms with van der Waals surface area (Å²) in [5.74, 6) is -0.239. The molecule has 0 amide bonds. The summed E-state index contributed by atoms with van der Waals surface area (Å²) in [6, 6.07) is 4.91. The summed E-state index contributed by atoms with van der Waals surface area (Å²) < 4.78 is 14.7. The fourth-order valence-corrected chi connectivity index (χ4v) is 3.75. The number of likely N-dealkylation sites (N-methyl/N-ethyl adjacent to an activating group) is 1. The van der Waals surface area contributed by atoms with Gasteiger partial charge in [0.15, 0.2) is 0 Å². The topological polar surface area (TPSA) is 23.5 Å². The fourth-order valence-electron chi connectivity index (χ4n) is 3.34. The van der Waals surface area contributed by atoms with E-state index in [1.54, 1.807) is 12.1 Å². The van der Waals surface area contributed by atoms with Crippen LogP contribution in [0.4, 0.5) is 4.39 Å². The number of hydrogen-bond donors (Lipinski definition) is 1. The molecular formula is C16H23BrFNO. The van der Waals surface area contributed by atoms with Gasteiger partial charge >= 0.3 is 0 Å². The zero-order valence-electron chi connectivity index (χ0n) is 12.2. The number of aliphatic hydroxyl groups excluding tert-OH is 1. The summed E-state index contributed by atoms with van der Waals surface area (Å²) in [6.07, 6.45) is 5.29. The van der Waals surface area contributed by atoms with Gasteiger partial charge in [-0.2, -0.15) is 0 Å². The minimum Gasteiger partial charge on any atom is -0.391 e. The summed E-state index contributed by atoms with van der Waals surface area (Å²) in [7, 11) is 4.04. The van der Waals surface area contributed by atoms with Crippen molar-refractivity contribution in [2.45, 2.75) is 50.2 Å². The number of halogens is 2. The Labute approximate surface area is 129 Å². The van der Waals surface area contributed by atoms with Crippen LogP contribution >= 0.6 is 15.9 Å². The summed E-state index contributed by atoms with van der Waals surface area (Å²) in [6.45, 7) is 0. The lowest BCUT2D eigenvalue weighted by Crippen LogP contribution is -2.55. The molecule has 112 valence electrons. The van der Waals surface area contributed by atoms with E-state index < -0.39 is 6.10 Å². The molecule has 0 aliphatic heterocycles. The minimum absolute atomic E-state index is 0.215. The van der Waals surface area contributed by atoms with Crippen molar-refractivity contribution in [3.05, 3.63) is 34.1 Å². The van der Waals surface area contributed by atoms with E-state index in [0.29, 0.717) is 12.0 Å². The predicted octanol–water partition coefficient (Wildman–Crippen LogP) is 3.76. The highest BCUT2D eigenvalue weighted by atomic mass is 79.9. The molecule has 1 N–H and O–H groups in total. The Morgan fingerprint density at radius 3 is 2.55 bits per heavy atom. The maximum absolute atomic E-state index is 13.9. The Bertz CT molecular complexity index is 458. The monoisotopic (exact) mass is 343 g/mol. The van der Waals surface area contributed by atoms with Crippen molar-refractivity contribution in [2.75, 3.05) is 14.1 Å². The zero-order valence-corrected chi connectivity index (χ0v) is 13.8. The third-order valence-electron chi connectivity index (χ3n) is 4.65. The molecule has 1 fully saturated rings. The standard InChI is InChI=1S/C16H23BrFNO/c1-19(2)16(8-4-3-5-9-16)15(20)11-12-10-13(17)6-7-14(12)18/h6-7,10,15,20H,3-5,8-9,11H2,1-2H3. The van der Waals surface area contributed by atoms with Crippen molar-refractivity contribution in [1.82, 2.24) is 4.90 Å². The first-order valence-corrected chi connectivity index (χ1v) is 8.04. The molecule has 1 aliphatic rings. The highest BCUT2D eigenvalue weighted by Gasteiger charge is 2.41. The van der Waals surface area contributed by atoms with Gasteiger partial charge in [-0.15, -0.1) is 0 Å². The van der Waals surface area contributed by atoms with E-state index in [0.717, 1.165) is 30.2 Å².